The van der Waals surface area contributed by atoms with E-state index in [9.17, 15) is 5.11 Å². The highest BCUT2D eigenvalue weighted by molar-refractivity contribution is 5.82. The summed E-state index contributed by atoms with van der Waals surface area (Å²) in [5.41, 5.74) is 3.43. The van der Waals surface area contributed by atoms with Gasteiger partial charge in [0.05, 0.1) is 19.0 Å². The van der Waals surface area contributed by atoms with Crippen molar-refractivity contribution in [2.24, 2.45) is 5.84 Å². The summed E-state index contributed by atoms with van der Waals surface area (Å²) in [4.78, 5) is 12.2. The van der Waals surface area contributed by atoms with Crippen molar-refractivity contribution in [2.45, 2.75) is 24.9 Å². The van der Waals surface area contributed by atoms with E-state index >= 15 is 0 Å². The summed E-state index contributed by atoms with van der Waals surface area (Å²) in [6, 6.07) is 0. The third-order valence-electron chi connectivity index (χ3n) is 3.14. The van der Waals surface area contributed by atoms with Crippen LogP contribution in [0.2, 0.25) is 0 Å². The summed E-state index contributed by atoms with van der Waals surface area (Å²) < 4.78 is 7.17. The van der Waals surface area contributed by atoms with Crippen molar-refractivity contribution < 1.29 is 14.9 Å². The predicted octanol–water partition coefficient (Wildman–Crippen LogP) is -1.25. The summed E-state index contributed by atoms with van der Waals surface area (Å²) in [7, 11) is 0. The van der Waals surface area contributed by atoms with Crippen molar-refractivity contribution in [3.05, 3.63) is 12.7 Å². The van der Waals surface area contributed by atoms with Crippen LogP contribution in [0.3, 0.4) is 0 Å². The van der Waals surface area contributed by atoms with Gasteiger partial charge >= 0.3 is 0 Å². The van der Waals surface area contributed by atoms with Gasteiger partial charge in [-0.1, -0.05) is 0 Å². The van der Waals surface area contributed by atoms with Crippen molar-refractivity contribution in [1.29, 1.82) is 0 Å². The molecule has 3 heterocycles. The van der Waals surface area contributed by atoms with Gasteiger partial charge < -0.3 is 20.4 Å². The van der Waals surface area contributed by atoms with Gasteiger partial charge in [-0.15, -0.1) is 0 Å². The predicted molar refractivity (Wildman–Crippen MR) is 64.8 cm³/mol. The fourth-order valence-electron chi connectivity index (χ4n) is 2.24. The summed E-state index contributed by atoms with van der Waals surface area (Å²) in [5.74, 6) is 5.74. The van der Waals surface area contributed by atoms with E-state index in [0.717, 1.165) is 0 Å². The van der Waals surface area contributed by atoms with Gasteiger partial charge in [0, 0.05) is 6.42 Å². The van der Waals surface area contributed by atoms with Gasteiger partial charge in [-0.05, 0) is 0 Å². The fraction of sp³-hybridized carbons (Fsp3) is 0.500. The van der Waals surface area contributed by atoms with Crippen LogP contribution >= 0.6 is 0 Å². The number of nitrogens with one attached hydrogen (secondary N) is 1. The largest absolute Gasteiger partial charge is 0.394 e. The Hall–Kier alpha value is -1.81. The molecule has 3 rings (SSSR count). The van der Waals surface area contributed by atoms with E-state index in [4.69, 9.17) is 15.7 Å². The summed E-state index contributed by atoms with van der Waals surface area (Å²) in [5, 5.41) is 19.1. The van der Waals surface area contributed by atoms with Crippen molar-refractivity contribution in [3.8, 4) is 0 Å². The maximum Gasteiger partial charge on any atom is 0.171 e. The highest BCUT2D eigenvalue weighted by Crippen LogP contribution is 2.31. The number of imidazole rings is 1. The standard InChI is InChI=1S/C10H14N6O3/c11-15-8-7-9(13-3-12-8)16(4-14-7)10-6(18)1-5(2-17)19-10/h3-6,10,17-18H,1-2,11H2,(H,12,13,15)/t5-,6+,10+/m0/s1. The molecule has 19 heavy (non-hydrogen) atoms. The van der Waals surface area contributed by atoms with Crippen LogP contribution in [0.25, 0.3) is 11.2 Å². The van der Waals surface area contributed by atoms with Crippen LogP contribution in [-0.4, -0.2) is 48.5 Å². The Labute approximate surface area is 108 Å². The van der Waals surface area contributed by atoms with Crippen LogP contribution in [0.1, 0.15) is 12.6 Å². The molecule has 1 fully saturated rings. The van der Waals surface area contributed by atoms with Gasteiger partial charge in [0.15, 0.2) is 23.2 Å². The SMILES string of the molecule is NNc1ncnc2c1ncn2[C@@H]1O[C@H](CO)C[C@H]1O. The first-order valence-electron chi connectivity index (χ1n) is 5.83. The van der Waals surface area contributed by atoms with Crippen LogP contribution in [0, 0.1) is 0 Å². The number of aromatic nitrogens is 4. The summed E-state index contributed by atoms with van der Waals surface area (Å²) >= 11 is 0. The number of fused-ring (bicyclic) bond motifs is 1. The third-order valence-corrected chi connectivity index (χ3v) is 3.14. The van der Waals surface area contributed by atoms with Crippen LogP contribution in [0.4, 0.5) is 5.82 Å². The molecule has 2 aromatic heterocycles. The van der Waals surface area contributed by atoms with E-state index in [1.165, 1.54) is 12.7 Å². The normalized spacial score (nSPS) is 27.0. The Morgan fingerprint density at radius 2 is 2.32 bits per heavy atom. The second-order valence-corrected chi connectivity index (χ2v) is 4.32. The molecule has 1 aliphatic rings. The number of nitrogens with zero attached hydrogens (tertiary/aromatic N) is 4. The Balaban J connectivity index is 2.02. The average molecular weight is 266 g/mol. The number of hydrogen-bond donors (Lipinski definition) is 4. The Bertz CT molecular complexity index is 588. The van der Waals surface area contributed by atoms with Crippen LogP contribution in [0.15, 0.2) is 12.7 Å². The van der Waals surface area contributed by atoms with Gasteiger partial charge in [-0.2, -0.15) is 0 Å². The van der Waals surface area contributed by atoms with Crippen molar-refractivity contribution >= 4 is 17.0 Å². The molecule has 0 bridgehead atoms. The number of aliphatic hydroxyl groups excluding tert-OH is 2. The number of nitrogen functional groups attached to an aromatic ring is 1. The molecule has 0 saturated carbocycles. The number of rotatable bonds is 3. The molecule has 9 nitrogen and oxygen atoms in total. The zero-order valence-electron chi connectivity index (χ0n) is 9.97. The van der Waals surface area contributed by atoms with E-state index in [1.807, 2.05) is 0 Å². The highest BCUT2D eigenvalue weighted by Gasteiger charge is 2.35. The summed E-state index contributed by atoms with van der Waals surface area (Å²) in [6.07, 6.45) is 1.50. The molecular weight excluding hydrogens is 252 g/mol. The average Bonchev–Trinajstić information content (AvgIpc) is 3.01. The number of hydrazine groups is 1. The molecule has 1 aliphatic heterocycles. The van der Waals surface area contributed by atoms with E-state index < -0.39 is 12.3 Å². The quantitative estimate of drug-likeness (QED) is 0.400. The molecule has 0 amide bonds. The topological polar surface area (TPSA) is 131 Å². The Morgan fingerprint density at radius 1 is 1.47 bits per heavy atom. The van der Waals surface area contributed by atoms with Crippen LogP contribution in [0.5, 0.6) is 0 Å². The molecule has 0 spiro atoms. The molecule has 0 unspecified atom stereocenters. The maximum atomic E-state index is 9.98. The van der Waals surface area contributed by atoms with E-state index in [-0.39, 0.29) is 12.7 Å². The zero-order valence-corrected chi connectivity index (χ0v) is 9.97. The molecular formula is C10H14N6O3. The molecule has 0 aromatic carbocycles. The van der Waals surface area contributed by atoms with Crippen molar-refractivity contribution in [3.63, 3.8) is 0 Å². The zero-order chi connectivity index (χ0) is 13.4. The number of hydrogen-bond acceptors (Lipinski definition) is 8. The first kappa shape index (κ1) is 12.2. The van der Waals surface area contributed by atoms with Crippen LogP contribution in [-0.2, 0) is 4.74 Å². The molecule has 0 aliphatic carbocycles. The summed E-state index contributed by atoms with van der Waals surface area (Å²) in [6.45, 7) is -0.134. The number of aliphatic hydroxyl groups is 2. The second kappa shape index (κ2) is 4.70. The van der Waals surface area contributed by atoms with Gasteiger partial charge in [0.1, 0.15) is 12.4 Å². The van der Waals surface area contributed by atoms with Gasteiger partial charge in [0.2, 0.25) is 0 Å². The monoisotopic (exact) mass is 266 g/mol. The second-order valence-electron chi connectivity index (χ2n) is 4.32. The molecule has 1 saturated heterocycles. The lowest BCUT2D eigenvalue weighted by atomic mass is 10.2. The van der Waals surface area contributed by atoms with Crippen molar-refractivity contribution in [2.75, 3.05) is 12.0 Å². The third kappa shape index (κ3) is 1.92. The van der Waals surface area contributed by atoms with E-state index in [0.29, 0.717) is 23.4 Å². The fourth-order valence-corrected chi connectivity index (χ4v) is 2.24. The number of anilines is 1. The first-order chi connectivity index (χ1) is 9.24. The number of ether oxygens (including phenoxy) is 1. The lowest BCUT2D eigenvalue weighted by molar-refractivity contribution is -0.0486. The number of nitrogens with two attached hydrogens (primary N) is 1. The molecule has 5 N–H and O–H groups in total. The van der Waals surface area contributed by atoms with Gasteiger partial charge in [-0.25, -0.2) is 20.8 Å². The lowest BCUT2D eigenvalue weighted by Gasteiger charge is -2.16. The lowest BCUT2D eigenvalue weighted by Crippen LogP contribution is -2.19. The minimum absolute atomic E-state index is 0.134. The van der Waals surface area contributed by atoms with Crippen LogP contribution < -0.4 is 11.3 Å². The Kier molecular flexibility index (Phi) is 3.03. The van der Waals surface area contributed by atoms with Crippen molar-refractivity contribution in [1.82, 2.24) is 19.5 Å². The van der Waals surface area contributed by atoms with E-state index in [1.54, 1.807) is 4.57 Å². The first-order valence-corrected chi connectivity index (χ1v) is 5.83. The van der Waals surface area contributed by atoms with Gasteiger partial charge in [0.25, 0.3) is 0 Å². The minimum Gasteiger partial charge on any atom is -0.394 e. The smallest absolute Gasteiger partial charge is 0.171 e. The molecule has 9 heteroatoms. The molecule has 0 radical (unpaired) electrons. The Morgan fingerprint density at radius 3 is 3.00 bits per heavy atom. The molecule has 102 valence electrons. The maximum absolute atomic E-state index is 9.98. The van der Waals surface area contributed by atoms with E-state index in [2.05, 4.69) is 20.4 Å². The molecule has 3 atom stereocenters. The molecule has 2 aromatic rings. The van der Waals surface area contributed by atoms with Gasteiger partial charge in [-0.3, -0.25) is 4.57 Å². The highest BCUT2D eigenvalue weighted by atomic mass is 16.5. The minimum atomic E-state index is -0.723.